The van der Waals surface area contributed by atoms with Gasteiger partial charge in [0.2, 0.25) is 0 Å². The molecule has 0 spiro atoms. The van der Waals surface area contributed by atoms with Crippen LogP contribution in [0.3, 0.4) is 0 Å². The van der Waals surface area contributed by atoms with Crippen LogP contribution in [0.2, 0.25) is 0 Å². The molecule has 3 heteroatoms. The zero-order chi connectivity index (χ0) is 14.8. The van der Waals surface area contributed by atoms with Crippen molar-refractivity contribution in [2.75, 3.05) is 0 Å². The minimum atomic E-state index is 0.0357. The van der Waals surface area contributed by atoms with E-state index in [0.29, 0.717) is 5.56 Å². The molecule has 0 aliphatic heterocycles. The van der Waals surface area contributed by atoms with E-state index < -0.39 is 0 Å². The van der Waals surface area contributed by atoms with Crippen molar-refractivity contribution in [3.63, 3.8) is 0 Å². The lowest BCUT2D eigenvalue weighted by Crippen LogP contribution is -2.00. The van der Waals surface area contributed by atoms with Gasteiger partial charge in [-0.05, 0) is 26.0 Å². The Balaban J connectivity index is 2.24. The van der Waals surface area contributed by atoms with Crippen LogP contribution in [0.15, 0.2) is 60.7 Å². The summed E-state index contributed by atoms with van der Waals surface area (Å²) < 4.78 is 1.83. The van der Waals surface area contributed by atoms with Crippen molar-refractivity contribution in [2.24, 2.45) is 0 Å². The average molecular weight is 276 g/mol. The molecule has 1 heterocycles. The number of carbonyl (C=O) groups is 1. The Morgan fingerprint density at radius 2 is 1.52 bits per heavy atom. The fraction of sp³-hybridized carbons (Fsp3) is 0.111. The maximum Gasteiger partial charge on any atom is 0.163 e. The van der Waals surface area contributed by atoms with Crippen molar-refractivity contribution in [1.29, 1.82) is 0 Å². The second-order valence-corrected chi connectivity index (χ2v) is 4.98. The summed E-state index contributed by atoms with van der Waals surface area (Å²) >= 11 is 0. The highest BCUT2D eigenvalue weighted by molar-refractivity contribution is 6.01. The molecule has 3 rings (SSSR count). The van der Waals surface area contributed by atoms with Gasteiger partial charge in [0, 0.05) is 5.56 Å². The van der Waals surface area contributed by atoms with Crippen LogP contribution >= 0.6 is 0 Å². The monoisotopic (exact) mass is 276 g/mol. The highest BCUT2D eigenvalue weighted by Crippen LogP contribution is 2.27. The molecule has 0 fully saturated rings. The quantitative estimate of drug-likeness (QED) is 0.676. The van der Waals surface area contributed by atoms with Gasteiger partial charge >= 0.3 is 0 Å². The zero-order valence-electron chi connectivity index (χ0n) is 12.1. The third-order valence-corrected chi connectivity index (χ3v) is 3.52. The number of para-hydroxylation sites is 1. The molecule has 0 saturated heterocycles. The van der Waals surface area contributed by atoms with Crippen molar-refractivity contribution >= 4 is 5.78 Å². The van der Waals surface area contributed by atoms with Crippen molar-refractivity contribution in [2.45, 2.75) is 13.8 Å². The van der Waals surface area contributed by atoms with Crippen molar-refractivity contribution in [3.05, 3.63) is 71.9 Å². The lowest BCUT2D eigenvalue weighted by atomic mass is 10.0. The van der Waals surface area contributed by atoms with E-state index in [9.17, 15) is 4.79 Å². The Morgan fingerprint density at radius 3 is 2.10 bits per heavy atom. The summed E-state index contributed by atoms with van der Waals surface area (Å²) in [6.45, 7) is 3.52. The summed E-state index contributed by atoms with van der Waals surface area (Å²) in [5.74, 6) is 0.0357. The molecule has 0 saturated carbocycles. The maximum absolute atomic E-state index is 12.1. The number of hydrogen-bond donors (Lipinski definition) is 0. The first-order valence-corrected chi connectivity index (χ1v) is 6.90. The molecular formula is C18H16N2O. The van der Waals surface area contributed by atoms with E-state index >= 15 is 0 Å². The number of aromatic nitrogens is 2. The van der Waals surface area contributed by atoms with E-state index in [1.165, 1.54) is 0 Å². The molecule has 2 aromatic carbocycles. The topological polar surface area (TPSA) is 34.9 Å². The largest absolute Gasteiger partial charge is 0.294 e. The molecule has 0 N–H and O–H groups in total. The van der Waals surface area contributed by atoms with Crippen LogP contribution in [0.4, 0.5) is 0 Å². The molecule has 21 heavy (non-hydrogen) atoms. The Morgan fingerprint density at radius 1 is 0.952 bits per heavy atom. The summed E-state index contributed by atoms with van der Waals surface area (Å²) in [6, 6.07) is 19.7. The van der Waals surface area contributed by atoms with E-state index in [4.69, 9.17) is 0 Å². The second-order valence-electron chi connectivity index (χ2n) is 4.98. The van der Waals surface area contributed by atoms with Gasteiger partial charge < -0.3 is 0 Å². The molecular weight excluding hydrogens is 260 g/mol. The first-order chi connectivity index (χ1) is 10.2. The van der Waals surface area contributed by atoms with Gasteiger partial charge in [-0.3, -0.25) is 4.79 Å². The molecule has 104 valence electrons. The van der Waals surface area contributed by atoms with Gasteiger partial charge in [-0.15, -0.1) is 0 Å². The van der Waals surface area contributed by atoms with E-state index in [1.807, 2.05) is 72.3 Å². The van der Waals surface area contributed by atoms with Crippen LogP contribution in [0.25, 0.3) is 16.9 Å². The lowest BCUT2D eigenvalue weighted by molar-refractivity contribution is 0.101. The van der Waals surface area contributed by atoms with Crippen molar-refractivity contribution in [3.8, 4) is 16.9 Å². The number of carbonyl (C=O) groups excluding carboxylic acids is 1. The maximum atomic E-state index is 12.1. The average Bonchev–Trinajstić information content (AvgIpc) is 2.87. The van der Waals surface area contributed by atoms with Gasteiger partial charge in [-0.2, -0.15) is 5.10 Å². The smallest absolute Gasteiger partial charge is 0.163 e. The van der Waals surface area contributed by atoms with E-state index in [-0.39, 0.29) is 5.78 Å². The van der Waals surface area contributed by atoms with Crippen LogP contribution in [-0.2, 0) is 0 Å². The first-order valence-electron chi connectivity index (χ1n) is 6.90. The van der Waals surface area contributed by atoms with Crippen molar-refractivity contribution in [1.82, 2.24) is 9.78 Å². The zero-order valence-corrected chi connectivity index (χ0v) is 12.1. The fourth-order valence-corrected chi connectivity index (χ4v) is 2.54. The number of nitrogens with zero attached hydrogens (tertiary/aromatic N) is 2. The van der Waals surface area contributed by atoms with Gasteiger partial charge in [0.25, 0.3) is 0 Å². The van der Waals surface area contributed by atoms with Gasteiger partial charge in [0.05, 0.1) is 16.9 Å². The van der Waals surface area contributed by atoms with Gasteiger partial charge in [-0.1, -0.05) is 48.5 Å². The highest BCUT2D eigenvalue weighted by atomic mass is 16.1. The molecule has 0 amide bonds. The van der Waals surface area contributed by atoms with Gasteiger partial charge in [0.15, 0.2) is 5.78 Å². The molecule has 3 aromatic rings. The van der Waals surface area contributed by atoms with Crippen LogP contribution < -0.4 is 0 Å². The highest BCUT2D eigenvalue weighted by Gasteiger charge is 2.20. The predicted molar refractivity (Wildman–Crippen MR) is 83.7 cm³/mol. The second kappa shape index (κ2) is 5.37. The van der Waals surface area contributed by atoms with Gasteiger partial charge in [0.1, 0.15) is 5.69 Å². The third-order valence-electron chi connectivity index (χ3n) is 3.52. The van der Waals surface area contributed by atoms with E-state index in [0.717, 1.165) is 22.6 Å². The third kappa shape index (κ3) is 2.38. The summed E-state index contributed by atoms with van der Waals surface area (Å²) in [5, 5.41) is 4.67. The molecule has 1 aromatic heterocycles. The Labute approximate surface area is 123 Å². The molecule has 0 radical (unpaired) electrons. The Kier molecular flexibility index (Phi) is 3.40. The van der Waals surface area contributed by atoms with E-state index in [1.54, 1.807) is 6.92 Å². The van der Waals surface area contributed by atoms with Crippen molar-refractivity contribution < 1.29 is 4.79 Å². The van der Waals surface area contributed by atoms with Gasteiger partial charge in [-0.25, -0.2) is 4.68 Å². The summed E-state index contributed by atoms with van der Waals surface area (Å²) in [5.41, 5.74) is 4.21. The summed E-state index contributed by atoms with van der Waals surface area (Å²) in [6.07, 6.45) is 0. The Hall–Kier alpha value is -2.68. The standard InChI is InChI=1S/C18H16N2O/c1-13-17(14(2)21)18(15-9-5-3-6-10-15)19-20(13)16-11-7-4-8-12-16/h3-12H,1-2H3. The van der Waals surface area contributed by atoms with Crippen LogP contribution in [0.1, 0.15) is 23.0 Å². The van der Waals surface area contributed by atoms with Crippen LogP contribution in [0, 0.1) is 6.92 Å². The predicted octanol–water partition coefficient (Wildman–Crippen LogP) is 4.05. The number of ketones is 1. The summed E-state index contributed by atoms with van der Waals surface area (Å²) in [4.78, 5) is 12.1. The molecule has 0 unspecified atom stereocenters. The first kappa shape index (κ1) is 13.3. The molecule has 3 nitrogen and oxygen atoms in total. The molecule has 0 atom stereocenters. The minimum absolute atomic E-state index is 0.0357. The van der Waals surface area contributed by atoms with Crippen LogP contribution in [-0.4, -0.2) is 15.6 Å². The van der Waals surface area contributed by atoms with Crippen LogP contribution in [0.5, 0.6) is 0 Å². The molecule has 0 aliphatic carbocycles. The fourth-order valence-electron chi connectivity index (χ4n) is 2.54. The number of benzene rings is 2. The normalized spacial score (nSPS) is 10.6. The lowest BCUT2D eigenvalue weighted by Gasteiger charge is -2.03. The molecule has 0 aliphatic rings. The Bertz CT molecular complexity index is 774. The summed E-state index contributed by atoms with van der Waals surface area (Å²) in [7, 11) is 0. The number of Topliss-reactive ketones (excluding diaryl/α,β-unsaturated/α-hetero) is 1. The molecule has 0 bridgehead atoms. The SMILES string of the molecule is CC(=O)c1c(-c2ccccc2)nn(-c2ccccc2)c1C. The minimum Gasteiger partial charge on any atom is -0.294 e. The number of rotatable bonds is 3. The number of hydrogen-bond acceptors (Lipinski definition) is 2. The van der Waals surface area contributed by atoms with E-state index in [2.05, 4.69) is 5.10 Å².